The Bertz CT molecular complexity index is 784. The molecule has 1 aliphatic rings. The summed E-state index contributed by atoms with van der Waals surface area (Å²) in [6.07, 6.45) is 2.00. The van der Waals surface area contributed by atoms with Gasteiger partial charge >= 0.3 is 0 Å². The van der Waals surface area contributed by atoms with Crippen molar-refractivity contribution < 1.29 is 14.6 Å². The van der Waals surface area contributed by atoms with Crippen LogP contribution < -0.4 is 32.6 Å². The van der Waals surface area contributed by atoms with Crippen LogP contribution >= 0.6 is 0 Å². The fourth-order valence-corrected chi connectivity index (χ4v) is 3.11. The third-order valence-electron chi connectivity index (χ3n) is 5.20. The van der Waals surface area contributed by atoms with Crippen molar-refractivity contribution in [2.45, 2.75) is 51.9 Å². The number of aryl methyl sites for hydroxylation is 1. The number of nitrogens with one attached hydrogen (secondary N) is 2. The lowest BCUT2D eigenvalue weighted by atomic mass is 9.97. The maximum absolute atomic E-state index is 10.2. The highest BCUT2D eigenvalue weighted by Gasteiger charge is 2.17. The van der Waals surface area contributed by atoms with E-state index >= 15 is 0 Å². The van der Waals surface area contributed by atoms with Gasteiger partial charge in [-0.2, -0.15) is 0 Å². The molecule has 0 radical (unpaired) electrons. The van der Waals surface area contributed by atoms with Gasteiger partial charge in [-0.25, -0.2) is 0 Å². The fraction of sp³-hybridized carbons (Fsp3) is 0.520. The number of benzene rings is 2. The average molecular weight is 462 g/mol. The van der Waals surface area contributed by atoms with Gasteiger partial charge in [-0.3, -0.25) is 0 Å². The molecule has 9 N–H and O–H groups in total. The van der Waals surface area contributed by atoms with E-state index in [1.807, 2.05) is 37.3 Å². The van der Waals surface area contributed by atoms with Crippen molar-refractivity contribution >= 4 is 5.69 Å². The van der Waals surface area contributed by atoms with Crippen molar-refractivity contribution in [3.63, 3.8) is 0 Å². The summed E-state index contributed by atoms with van der Waals surface area (Å²) >= 11 is 0. The Labute approximate surface area is 198 Å². The van der Waals surface area contributed by atoms with E-state index in [9.17, 15) is 5.11 Å². The van der Waals surface area contributed by atoms with Gasteiger partial charge < -0.3 is 42.4 Å². The second-order valence-corrected chi connectivity index (χ2v) is 8.26. The Morgan fingerprint density at radius 2 is 1.64 bits per heavy atom. The summed E-state index contributed by atoms with van der Waals surface area (Å²) in [6.45, 7) is 9.08. The summed E-state index contributed by atoms with van der Waals surface area (Å²) in [5.74, 6) is 1.09. The second kappa shape index (κ2) is 15.5. The Morgan fingerprint density at radius 1 is 1.03 bits per heavy atom. The molecule has 1 fully saturated rings. The minimum absolute atomic E-state index is 0.133. The predicted octanol–water partition coefficient (Wildman–Crippen LogP) is 3.15. The van der Waals surface area contributed by atoms with Gasteiger partial charge in [0.05, 0.1) is 7.11 Å². The first-order valence-electron chi connectivity index (χ1n) is 11.4. The van der Waals surface area contributed by atoms with Crippen molar-refractivity contribution in [1.82, 2.24) is 5.32 Å². The molecule has 2 unspecified atom stereocenters. The van der Waals surface area contributed by atoms with Crippen LogP contribution in [0.3, 0.4) is 0 Å². The standard InChI is InChI=1S/C18H24N2O2.C4H9N.C3H10N2O/c1-11(2)14-9-15(16(21)10-17(14)22-4)18(19)20-13-7-5-12(3)6-8-13;1-2-4-5-3-1;1-6-3(5)2-4/h5-11,18,20-21H,19H2,1-4H3;5H,1-4H2;3H,2,4-5H2,1H3. The Hall–Kier alpha value is -2.36. The van der Waals surface area contributed by atoms with Crippen LogP contribution in [-0.2, 0) is 4.74 Å². The molecule has 33 heavy (non-hydrogen) atoms. The van der Waals surface area contributed by atoms with Crippen LogP contribution in [0.2, 0.25) is 0 Å². The molecular weight excluding hydrogens is 418 g/mol. The van der Waals surface area contributed by atoms with Crippen LogP contribution in [0.4, 0.5) is 5.69 Å². The number of methoxy groups -OCH3 is 2. The van der Waals surface area contributed by atoms with Gasteiger partial charge in [0, 0.05) is 31.0 Å². The number of rotatable bonds is 7. The number of ether oxygens (including phenoxy) is 2. The highest BCUT2D eigenvalue weighted by atomic mass is 16.5. The zero-order valence-corrected chi connectivity index (χ0v) is 20.7. The minimum Gasteiger partial charge on any atom is -0.507 e. The molecule has 2 aromatic carbocycles. The SMILES string of the molecule is C1CCNC1.COC(N)CN.COc1cc(O)c(C(N)Nc2ccc(C)cc2)cc1C(C)C. The number of anilines is 1. The topological polar surface area (TPSA) is 141 Å². The van der Waals surface area contributed by atoms with Crippen molar-refractivity contribution in [1.29, 1.82) is 0 Å². The molecule has 0 aromatic heterocycles. The molecule has 3 rings (SSSR count). The smallest absolute Gasteiger partial charge is 0.126 e. The molecule has 2 aromatic rings. The van der Waals surface area contributed by atoms with Crippen molar-refractivity contribution in [2.75, 3.05) is 39.2 Å². The minimum atomic E-state index is -0.494. The Morgan fingerprint density at radius 3 is 2.03 bits per heavy atom. The van der Waals surface area contributed by atoms with Gasteiger partial charge in [0.25, 0.3) is 0 Å². The number of hydrogen-bond donors (Lipinski definition) is 6. The average Bonchev–Trinajstić information content (AvgIpc) is 3.40. The second-order valence-electron chi connectivity index (χ2n) is 8.26. The zero-order valence-electron chi connectivity index (χ0n) is 20.7. The molecule has 186 valence electrons. The van der Waals surface area contributed by atoms with E-state index < -0.39 is 6.17 Å². The van der Waals surface area contributed by atoms with Gasteiger partial charge in [0.2, 0.25) is 0 Å². The molecule has 0 amide bonds. The third kappa shape index (κ3) is 10.4. The lowest BCUT2D eigenvalue weighted by Gasteiger charge is -2.20. The van der Waals surface area contributed by atoms with E-state index in [1.54, 1.807) is 13.2 Å². The maximum Gasteiger partial charge on any atom is 0.126 e. The maximum atomic E-state index is 10.2. The summed E-state index contributed by atoms with van der Waals surface area (Å²) in [4.78, 5) is 0. The largest absolute Gasteiger partial charge is 0.507 e. The van der Waals surface area contributed by atoms with E-state index in [1.165, 1.54) is 38.6 Å². The molecule has 0 spiro atoms. The first-order chi connectivity index (χ1) is 15.7. The lowest BCUT2D eigenvalue weighted by molar-refractivity contribution is 0.115. The van der Waals surface area contributed by atoms with Gasteiger partial charge in [-0.05, 0) is 62.5 Å². The summed E-state index contributed by atoms with van der Waals surface area (Å²) in [5, 5.41) is 16.7. The van der Waals surface area contributed by atoms with Crippen molar-refractivity contribution in [3.05, 3.63) is 53.1 Å². The first kappa shape index (κ1) is 28.7. The van der Waals surface area contributed by atoms with Crippen LogP contribution in [-0.4, -0.2) is 45.2 Å². The van der Waals surface area contributed by atoms with Gasteiger partial charge in [0.15, 0.2) is 0 Å². The molecule has 1 aliphatic heterocycles. The summed E-state index contributed by atoms with van der Waals surface area (Å²) in [7, 11) is 3.13. The molecule has 8 heteroatoms. The lowest BCUT2D eigenvalue weighted by Crippen LogP contribution is -2.30. The van der Waals surface area contributed by atoms with Crippen molar-refractivity contribution in [3.8, 4) is 11.5 Å². The number of aromatic hydroxyl groups is 1. The van der Waals surface area contributed by atoms with E-state index in [4.69, 9.17) is 21.9 Å². The number of phenols is 1. The van der Waals surface area contributed by atoms with E-state index in [-0.39, 0.29) is 17.9 Å². The molecule has 1 heterocycles. The molecule has 2 atom stereocenters. The number of phenolic OH excluding ortho intramolecular Hbond substituents is 1. The molecule has 0 bridgehead atoms. The predicted molar refractivity (Wildman–Crippen MR) is 137 cm³/mol. The van der Waals surface area contributed by atoms with Crippen molar-refractivity contribution in [2.24, 2.45) is 17.2 Å². The quantitative estimate of drug-likeness (QED) is 0.346. The number of nitrogens with two attached hydrogens (primary N) is 3. The zero-order chi connectivity index (χ0) is 24.8. The number of hydrogen-bond acceptors (Lipinski definition) is 8. The first-order valence-corrected chi connectivity index (χ1v) is 11.4. The Kier molecular flexibility index (Phi) is 13.4. The van der Waals surface area contributed by atoms with Gasteiger partial charge in [-0.1, -0.05) is 31.5 Å². The van der Waals surface area contributed by atoms with E-state index in [2.05, 4.69) is 29.2 Å². The highest BCUT2D eigenvalue weighted by Crippen LogP contribution is 2.35. The molecular formula is C25H43N5O3. The summed E-state index contributed by atoms with van der Waals surface area (Å²) in [5.41, 5.74) is 20.2. The Balaban J connectivity index is 0.000000405. The third-order valence-corrected chi connectivity index (χ3v) is 5.20. The fourth-order valence-electron chi connectivity index (χ4n) is 3.11. The van der Waals surface area contributed by atoms with Gasteiger partial charge in [0.1, 0.15) is 23.9 Å². The van der Waals surface area contributed by atoms with E-state index in [0.717, 1.165) is 11.3 Å². The van der Waals surface area contributed by atoms with Crippen LogP contribution in [0.1, 0.15) is 55.5 Å². The summed E-state index contributed by atoms with van der Waals surface area (Å²) in [6, 6.07) is 11.5. The molecule has 8 nitrogen and oxygen atoms in total. The molecule has 1 saturated heterocycles. The molecule has 0 saturated carbocycles. The highest BCUT2D eigenvalue weighted by molar-refractivity contribution is 5.52. The summed E-state index contributed by atoms with van der Waals surface area (Å²) < 4.78 is 9.88. The molecule has 0 aliphatic carbocycles. The van der Waals surface area contributed by atoms with E-state index in [0.29, 0.717) is 17.9 Å². The monoisotopic (exact) mass is 461 g/mol. The van der Waals surface area contributed by atoms with Crippen LogP contribution in [0.25, 0.3) is 0 Å². The van der Waals surface area contributed by atoms with Crippen LogP contribution in [0, 0.1) is 6.92 Å². The van der Waals surface area contributed by atoms with Gasteiger partial charge in [-0.15, -0.1) is 0 Å². The normalized spacial score (nSPS) is 14.5. The van der Waals surface area contributed by atoms with Crippen LogP contribution in [0.15, 0.2) is 36.4 Å². The van der Waals surface area contributed by atoms with Crippen LogP contribution in [0.5, 0.6) is 11.5 Å².